The fourth-order valence-corrected chi connectivity index (χ4v) is 2.77. The van der Waals surface area contributed by atoms with Crippen molar-refractivity contribution in [2.75, 3.05) is 20.3 Å². The molecule has 0 aliphatic carbocycles. The van der Waals surface area contributed by atoms with E-state index in [1.165, 1.54) is 0 Å². The van der Waals surface area contributed by atoms with Crippen LogP contribution in [0.15, 0.2) is 54.6 Å². The summed E-state index contributed by atoms with van der Waals surface area (Å²) in [7, 11) is 1.57. The van der Waals surface area contributed by atoms with Crippen LogP contribution in [0.25, 0.3) is 0 Å². The van der Waals surface area contributed by atoms with Crippen LogP contribution < -0.4 is 21.1 Å². The number of aliphatic hydroxyl groups is 1. The lowest BCUT2D eigenvalue weighted by Gasteiger charge is -2.20. The van der Waals surface area contributed by atoms with Crippen molar-refractivity contribution in [1.82, 2.24) is 10.6 Å². The van der Waals surface area contributed by atoms with Crippen LogP contribution in [-0.4, -0.2) is 43.4 Å². The van der Waals surface area contributed by atoms with Gasteiger partial charge in [0, 0.05) is 6.54 Å². The largest absolute Gasteiger partial charge is 0.497 e. The van der Waals surface area contributed by atoms with Gasteiger partial charge in [0.2, 0.25) is 5.91 Å². The molecule has 2 rings (SSSR count). The lowest BCUT2D eigenvalue weighted by Crippen LogP contribution is -2.43. The topological polar surface area (TPSA) is 123 Å². The van der Waals surface area contributed by atoms with Gasteiger partial charge in [0.05, 0.1) is 25.8 Å². The number of nitrogens with one attached hydrogen (secondary N) is 2. The molecule has 0 saturated heterocycles. The number of rotatable bonds is 11. The Morgan fingerprint density at radius 2 is 1.80 bits per heavy atom. The number of carbonyl (C=O) groups is 2. The third-order valence-electron chi connectivity index (χ3n) is 4.53. The second-order valence-corrected chi connectivity index (χ2v) is 6.75. The van der Waals surface area contributed by atoms with Gasteiger partial charge < -0.3 is 30.9 Å². The Hall–Kier alpha value is -3.10. The Labute approximate surface area is 176 Å². The van der Waals surface area contributed by atoms with E-state index in [4.69, 9.17) is 15.2 Å². The number of methoxy groups -OCH3 is 1. The first-order valence-electron chi connectivity index (χ1n) is 9.78. The van der Waals surface area contributed by atoms with Crippen LogP contribution in [0.2, 0.25) is 0 Å². The molecule has 0 saturated carbocycles. The maximum absolute atomic E-state index is 12.3. The number of alkyl carbamates (subject to hydrolysis) is 1. The minimum atomic E-state index is -0.751. The Balaban J connectivity index is 1.67. The average molecular weight is 415 g/mol. The zero-order valence-corrected chi connectivity index (χ0v) is 17.0. The molecule has 0 radical (unpaired) electrons. The smallest absolute Gasteiger partial charge is 0.407 e. The van der Waals surface area contributed by atoms with Crippen molar-refractivity contribution >= 4 is 12.0 Å². The predicted octanol–water partition coefficient (Wildman–Crippen LogP) is 1.88. The van der Waals surface area contributed by atoms with Crippen molar-refractivity contribution < 1.29 is 24.2 Å². The van der Waals surface area contributed by atoms with Crippen LogP contribution in [0.4, 0.5) is 4.79 Å². The van der Waals surface area contributed by atoms with E-state index < -0.39 is 18.2 Å². The molecule has 0 aromatic heterocycles. The van der Waals surface area contributed by atoms with Gasteiger partial charge in [0.1, 0.15) is 12.4 Å². The molecule has 5 N–H and O–H groups in total. The molecule has 8 heteroatoms. The molecule has 0 spiro atoms. The zero-order valence-electron chi connectivity index (χ0n) is 17.0. The summed E-state index contributed by atoms with van der Waals surface area (Å²) in [5.74, 6) is 0.324. The minimum Gasteiger partial charge on any atom is -0.497 e. The number of benzene rings is 2. The number of aliphatic hydroxyl groups excluding tert-OH is 1. The highest BCUT2D eigenvalue weighted by molar-refractivity contribution is 5.81. The quantitative estimate of drug-likeness (QED) is 0.416. The number of carbonyl (C=O) groups excluding carboxylic acids is 2. The minimum absolute atomic E-state index is 0.197. The van der Waals surface area contributed by atoms with E-state index in [9.17, 15) is 14.7 Å². The highest BCUT2D eigenvalue weighted by atomic mass is 16.5. The van der Waals surface area contributed by atoms with Crippen LogP contribution in [0.1, 0.15) is 30.0 Å². The predicted molar refractivity (Wildman–Crippen MR) is 113 cm³/mol. The molecule has 8 nitrogen and oxygen atoms in total. The average Bonchev–Trinajstić information content (AvgIpc) is 2.79. The lowest BCUT2D eigenvalue weighted by atomic mass is 10.1. The first-order chi connectivity index (χ1) is 14.5. The molecule has 30 heavy (non-hydrogen) atoms. The Bertz CT molecular complexity index is 783. The number of nitrogens with two attached hydrogens (primary N) is 1. The Morgan fingerprint density at radius 1 is 1.10 bits per heavy atom. The lowest BCUT2D eigenvalue weighted by molar-refractivity contribution is -0.123. The summed E-state index contributed by atoms with van der Waals surface area (Å²) in [5.41, 5.74) is 7.59. The van der Waals surface area contributed by atoms with Crippen LogP contribution in [0, 0.1) is 0 Å². The molecule has 0 fully saturated rings. The van der Waals surface area contributed by atoms with Gasteiger partial charge in [-0.3, -0.25) is 4.79 Å². The van der Waals surface area contributed by atoms with Gasteiger partial charge in [-0.15, -0.1) is 0 Å². The summed E-state index contributed by atoms with van der Waals surface area (Å²) in [6.45, 7) is 0.290. The zero-order chi connectivity index (χ0) is 21.8. The van der Waals surface area contributed by atoms with E-state index >= 15 is 0 Å². The van der Waals surface area contributed by atoms with E-state index in [0.29, 0.717) is 25.1 Å². The summed E-state index contributed by atoms with van der Waals surface area (Å²) in [4.78, 5) is 24.0. The second kappa shape index (κ2) is 12.5. The van der Waals surface area contributed by atoms with E-state index in [1.54, 1.807) is 31.4 Å². The maximum atomic E-state index is 12.3. The third-order valence-corrected chi connectivity index (χ3v) is 4.53. The van der Waals surface area contributed by atoms with Gasteiger partial charge in [0.25, 0.3) is 0 Å². The van der Waals surface area contributed by atoms with E-state index in [0.717, 1.165) is 11.1 Å². The number of hydrogen-bond donors (Lipinski definition) is 4. The summed E-state index contributed by atoms with van der Waals surface area (Å²) in [5, 5.41) is 15.0. The van der Waals surface area contributed by atoms with Crippen LogP contribution in [0.3, 0.4) is 0 Å². The fraction of sp³-hybridized carbons (Fsp3) is 0.364. The molecule has 0 aliphatic rings. The van der Waals surface area contributed by atoms with Crippen LogP contribution in [-0.2, 0) is 16.1 Å². The van der Waals surface area contributed by atoms with Gasteiger partial charge in [-0.1, -0.05) is 42.5 Å². The highest BCUT2D eigenvalue weighted by Gasteiger charge is 2.19. The van der Waals surface area contributed by atoms with Crippen molar-refractivity contribution in [3.05, 3.63) is 65.7 Å². The standard InChI is InChI=1S/C22H29N3O5/c1-29-18-11-9-17(10-12-18)20(14-26)25-21(27)19(23)8-5-13-24-22(28)30-15-16-6-3-2-4-7-16/h2-4,6-7,9-12,19-20,26H,5,8,13-15,23H2,1H3,(H,24,28)(H,25,27)/t19-,20+/m1/s1. The van der Waals surface area contributed by atoms with E-state index in [2.05, 4.69) is 10.6 Å². The molecule has 2 aromatic carbocycles. The second-order valence-electron chi connectivity index (χ2n) is 6.75. The van der Waals surface area contributed by atoms with Crippen molar-refractivity contribution in [3.8, 4) is 5.75 Å². The van der Waals surface area contributed by atoms with Crippen LogP contribution >= 0.6 is 0 Å². The van der Waals surface area contributed by atoms with Gasteiger partial charge in [-0.2, -0.15) is 0 Å². The van der Waals surface area contributed by atoms with Crippen molar-refractivity contribution in [1.29, 1.82) is 0 Å². The summed E-state index contributed by atoms with van der Waals surface area (Å²) in [6.07, 6.45) is 0.379. The van der Waals surface area contributed by atoms with Gasteiger partial charge in [-0.05, 0) is 36.1 Å². The molecule has 0 heterocycles. The number of amides is 2. The third kappa shape index (κ3) is 7.73. The van der Waals surface area contributed by atoms with E-state index in [1.807, 2.05) is 30.3 Å². The van der Waals surface area contributed by atoms with Gasteiger partial charge in [0.15, 0.2) is 0 Å². The van der Waals surface area contributed by atoms with Gasteiger partial charge >= 0.3 is 6.09 Å². The SMILES string of the molecule is COc1ccc([C@H](CO)NC(=O)[C@H](N)CCCNC(=O)OCc2ccccc2)cc1. The number of hydrogen-bond acceptors (Lipinski definition) is 6. The molecular formula is C22H29N3O5. The van der Waals surface area contributed by atoms with Crippen molar-refractivity contribution in [3.63, 3.8) is 0 Å². The Morgan fingerprint density at radius 3 is 2.43 bits per heavy atom. The highest BCUT2D eigenvalue weighted by Crippen LogP contribution is 2.17. The maximum Gasteiger partial charge on any atom is 0.407 e. The molecule has 0 unspecified atom stereocenters. The van der Waals surface area contributed by atoms with Crippen LogP contribution in [0.5, 0.6) is 5.75 Å². The van der Waals surface area contributed by atoms with Crippen molar-refractivity contribution in [2.24, 2.45) is 5.73 Å². The first-order valence-corrected chi connectivity index (χ1v) is 9.78. The van der Waals surface area contributed by atoms with Gasteiger partial charge in [-0.25, -0.2) is 4.79 Å². The first kappa shape index (κ1) is 23.2. The molecule has 2 atom stereocenters. The molecule has 162 valence electrons. The summed E-state index contributed by atoms with van der Waals surface area (Å²) in [6, 6.07) is 15.1. The molecule has 0 aliphatic heterocycles. The summed E-state index contributed by atoms with van der Waals surface area (Å²) < 4.78 is 10.2. The van der Waals surface area contributed by atoms with Crippen molar-refractivity contribution in [2.45, 2.75) is 31.5 Å². The number of ether oxygens (including phenoxy) is 2. The molecule has 0 bridgehead atoms. The monoisotopic (exact) mass is 415 g/mol. The fourth-order valence-electron chi connectivity index (χ4n) is 2.77. The molecule has 2 aromatic rings. The molecular weight excluding hydrogens is 386 g/mol. The normalized spacial score (nSPS) is 12.5. The Kier molecular flexibility index (Phi) is 9.63. The summed E-state index contributed by atoms with van der Waals surface area (Å²) >= 11 is 0. The van der Waals surface area contributed by atoms with E-state index in [-0.39, 0.29) is 19.1 Å². The molecule has 2 amide bonds.